The summed E-state index contributed by atoms with van der Waals surface area (Å²) < 4.78 is 23.1. The van der Waals surface area contributed by atoms with Crippen molar-refractivity contribution in [1.82, 2.24) is 5.32 Å². The molecule has 1 amide bonds. The molecule has 7 nitrogen and oxygen atoms in total. The Kier molecular flexibility index (Phi) is 9.20. The van der Waals surface area contributed by atoms with Crippen LogP contribution >= 0.6 is 11.3 Å². The molecule has 0 radical (unpaired) electrons. The lowest BCUT2D eigenvalue weighted by Crippen LogP contribution is -2.43. The third-order valence-corrected chi connectivity index (χ3v) is 7.83. The van der Waals surface area contributed by atoms with E-state index in [1.807, 2.05) is 13.0 Å². The van der Waals surface area contributed by atoms with E-state index in [0.29, 0.717) is 44.7 Å². The molecule has 0 aromatic carbocycles. The van der Waals surface area contributed by atoms with Crippen molar-refractivity contribution in [2.24, 2.45) is 17.8 Å². The van der Waals surface area contributed by atoms with Gasteiger partial charge in [0.15, 0.2) is 5.76 Å². The summed E-state index contributed by atoms with van der Waals surface area (Å²) in [6.45, 7) is 4.27. The molecule has 33 heavy (non-hydrogen) atoms. The summed E-state index contributed by atoms with van der Waals surface area (Å²) in [4.78, 5) is 13.2. The number of carbonyl (C=O) groups excluding carboxylic acids is 1. The zero-order valence-corrected chi connectivity index (χ0v) is 20.3. The van der Waals surface area contributed by atoms with E-state index in [9.17, 15) is 4.79 Å². The van der Waals surface area contributed by atoms with Crippen LogP contribution in [0.5, 0.6) is 0 Å². The van der Waals surface area contributed by atoms with Crippen LogP contribution in [0.4, 0.5) is 0 Å². The summed E-state index contributed by atoms with van der Waals surface area (Å²) in [6, 6.07) is 2.38. The number of fused-ring (bicyclic) bond motifs is 2. The van der Waals surface area contributed by atoms with Gasteiger partial charge in [0.1, 0.15) is 0 Å². The summed E-state index contributed by atoms with van der Waals surface area (Å²) in [7, 11) is 0. The molecule has 0 saturated heterocycles. The van der Waals surface area contributed by atoms with Crippen LogP contribution in [0.15, 0.2) is 28.7 Å². The van der Waals surface area contributed by atoms with Gasteiger partial charge in [-0.15, -0.1) is 0 Å². The van der Waals surface area contributed by atoms with Gasteiger partial charge in [0.25, 0.3) is 5.91 Å². The summed E-state index contributed by atoms with van der Waals surface area (Å²) >= 11 is 1.65. The summed E-state index contributed by atoms with van der Waals surface area (Å²) in [5.74, 6) is 1.71. The zero-order chi connectivity index (χ0) is 23.0. The number of nitrogens with one attached hydrogen (secondary N) is 1. The molecule has 2 aliphatic carbocycles. The van der Waals surface area contributed by atoms with E-state index >= 15 is 0 Å². The first-order valence-electron chi connectivity index (χ1n) is 12.3. The topological polar surface area (TPSA) is 86.3 Å². The molecule has 1 aromatic rings. The number of aliphatic hydroxyl groups is 1. The van der Waals surface area contributed by atoms with Crippen LogP contribution in [-0.4, -0.2) is 63.0 Å². The minimum absolute atomic E-state index is 0.0159. The third kappa shape index (κ3) is 6.36. The first-order valence-corrected chi connectivity index (χ1v) is 13.2. The lowest BCUT2D eigenvalue weighted by Gasteiger charge is -2.37. The van der Waals surface area contributed by atoms with E-state index < -0.39 is 6.29 Å². The minimum Gasteiger partial charge on any atom is -0.459 e. The monoisotopic (exact) mass is 479 g/mol. The first-order chi connectivity index (χ1) is 16.2. The third-order valence-electron chi connectivity index (χ3n) is 7.13. The lowest BCUT2D eigenvalue weighted by atomic mass is 9.82. The van der Waals surface area contributed by atoms with Gasteiger partial charge in [0.2, 0.25) is 6.29 Å². The number of hydrogen-bond acceptors (Lipinski definition) is 7. The highest BCUT2D eigenvalue weighted by Gasteiger charge is 2.42. The highest BCUT2D eigenvalue weighted by atomic mass is 32.1. The molecule has 2 saturated carbocycles. The quantitative estimate of drug-likeness (QED) is 0.422. The van der Waals surface area contributed by atoms with Crippen molar-refractivity contribution in [3.63, 3.8) is 0 Å². The van der Waals surface area contributed by atoms with Crippen LogP contribution in [0.1, 0.15) is 50.5 Å². The molecule has 184 valence electrons. The molecular formula is C25H37NO6S. The predicted molar refractivity (Wildman–Crippen MR) is 126 cm³/mol. The van der Waals surface area contributed by atoms with Gasteiger partial charge in [0.05, 0.1) is 26.4 Å². The van der Waals surface area contributed by atoms with Crippen LogP contribution in [0.2, 0.25) is 0 Å². The molecule has 1 aliphatic heterocycles. The Hall–Kier alpha value is -1.45. The Morgan fingerprint density at radius 2 is 2.06 bits per heavy atom. The second-order valence-electron chi connectivity index (χ2n) is 9.21. The molecule has 2 bridgehead atoms. The maximum Gasteiger partial charge on any atom is 0.286 e. The molecule has 2 fully saturated rings. The van der Waals surface area contributed by atoms with Crippen LogP contribution in [0.25, 0.3) is 0 Å². The smallest absolute Gasteiger partial charge is 0.286 e. The van der Waals surface area contributed by atoms with Crippen molar-refractivity contribution in [1.29, 1.82) is 0 Å². The van der Waals surface area contributed by atoms with E-state index in [1.165, 1.54) is 24.8 Å². The molecule has 8 heteroatoms. The average Bonchev–Trinajstić information content (AvgIpc) is 3.58. The molecule has 3 aliphatic rings. The number of hydrogen-bond donors (Lipinski definition) is 2. The minimum atomic E-state index is -0.500. The van der Waals surface area contributed by atoms with Crippen LogP contribution in [0.3, 0.4) is 0 Å². The molecule has 1 aromatic heterocycles. The fraction of sp³-hybridized carbons (Fsp3) is 0.720. The predicted octanol–water partition coefficient (Wildman–Crippen LogP) is 3.45. The van der Waals surface area contributed by atoms with E-state index in [-0.39, 0.29) is 30.4 Å². The fourth-order valence-corrected chi connectivity index (χ4v) is 6.26. The number of rotatable bonds is 13. The number of amides is 1. The number of allylic oxidation sites excluding steroid dienone is 1. The second-order valence-corrected chi connectivity index (χ2v) is 9.99. The maximum absolute atomic E-state index is 13.2. The number of thiophene rings is 1. The van der Waals surface area contributed by atoms with Gasteiger partial charge < -0.3 is 29.4 Å². The lowest BCUT2D eigenvalue weighted by molar-refractivity contribution is -0.168. The van der Waals surface area contributed by atoms with E-state index in [0.717, 1.165) is 18.8 Å². The summed E-state index contributed by atoms with van der Waals surface area (Å²) in [5.41, 5.74) is 1.18. The largest absolute Gasteiger partial charge is 0.459 e. The molecule has 6 unspecified atom stereocenters. The SMILES string of the molecule is CCOC1OC(C(=O)NC2CC3CCC2C3)=CC(c2ccsc2)C1CCOCCOCCO. The Morgan fingerprint density at radius 3 is 2.73 bits per heavy atom. The van der Waals surface area contributed by atoms with Crippen molar-refractivity contribution < 1.29 is 28.8 Å². The number of aliphatic hydroxyl groups excluding tert-OH is 1. The van der Waals surface area contributed by atoms with Gasteiger partial charge in [-0.25, -0.2) is 0 Å². The maximum atomic E-state index is 13.2. The Balaban J connectivity index is 1.41. The van der Waals surface area contributed by atoms with Gasteiger partial charge in [-0.3, -0.25) is 4.79 Å². The van der Waals surface area contributed by atoms with Gasteiger partial charge in [-0.1, -0.05) is 6.42 Å². The summed E-state index contributed by atoms with van der Waals surface area (Å²) in [5, 5.41) is 16.2. The molecule has 2 N–H and O–H groups in total. The number of carbonyl (C=O) groups is 1. The average molecular weight is 480 g/mol. The molecule has 6 atom stereocenters. The standard InChI is InChI=1S/C25H37NO6S/c1-2-31-25-20(5-8-29-10-11-30-9-7-27)21(19-6-12-33-16-19)15-23(32-25)24(28)26-22-14-17-3-4-18(22)13-17/h6,12,15-18,20-22,25,27H,2-5,7-11,13-14H2,1H3,(H,26,28). The van der Waals surface area contributed by atoms with Crippen LogP contribution in [0, 0.1) is 17.8 Å². The van der Waals surface area contributed by atoms with Crippen molar-refractivity contribution in [3.8, 4) is 0 Å². The van der Waals surface area contributed by atoms with Crippen molar-refractivity contribution in [2.75, 3.05) is 39.6 Å². The second kappa shape index (κ2) is 12.3. The zero-order valence-electron chi connectivity index (χ0n) is 19.4. The fourth-order valence-electron chi connectivity index (χ4n) is 5.55. The highest BCUT2D eigenvalue weighted by Crippen LogP contribution is 2.45. The molecule has 2 heterocycles. The normalized spacial score (nSPS) is 30.8. The first kappa shape index (κ1) is 24.7. The van der Waals surface area contributed by atoms with E-state index in [4.69, 9.17) is 24.1 Å². The summed E-state index contributed by atoms with van der Waals surface area (Å²) in [6.07, 6.45) is 7.09. The van der Waals surface area contributed by atoms with Crippen LogP contribution < -0.4 is 5.32 Å². The molecule has 4 rings (SSSR count). The molecular weight excluding hydrogens is 442 g/mol. The van der Waals surface area contributed by atoms with Gasteiger partial charge in [0, 0.05) is 31.1 Å². The Labute approximate surface area is 200 Å². The van der Waals surface area contributed by atoms with Crippen molar-refractivity contribution in [3.05, 3.63) is 34.2 Å². The number of ether oxygens (including phenoxy) is 4. The van der Waals surface area contributed by atoms with Gasteiger partial charge in [-0.2, -0.15) is 11.3 Å². The van der Waals surface area contributed by atoms with E-state index in [1.54, 1.807) is 11.3 Å². The van der Waals surface area contributed by atoms with Crippen molar-refractivity contribution in [2.45, 2.75) is 57.3 Å². The van der Waals surface area contributed by atoms with Gasteiger partial charge in [-0.05, 0) is 72.9 Å². The molecule has 0 spiro atoms. The van der Waals surface area contributed by atoms with E-state index in [2.05, 4.69) is 22.1 Å². The highest BCUT2D eigenvalue weighted by molar-refractivity contribution is 7.08. The Morgan fingerprint density at radius 1 is 1.21 bits per heavy atom. The van der Waals surface area contributed by atoms with Crippen LogP contribution in [-0.2, 0) is 23.7 Å². The Bertz CT molecular complexity index is 769. The van der Waals surface area contributed by atoms with Gasteiger partial charge >= 0.3 is 0 Å². The van der Waals surface area contributed by atoms with Crippen molar-refractivity contribution >= 4 is 17.2 Å².